The minimum Gasteiger partial charge on any atom is -0.494 e. The molecule has 0 saturated carbocycles. The van der Waals surface area contributed by atoms with E-state index in [9.17, 15) is 9.90 Å². The Morgan fingerprint density at radius 1 is 1.23 bits per heavy atom. The van der Waals surface area contributed by atoms with Crippen molar-refractivity contribution in [3.05, 3.63) is 56.6 Å². The van der Waals surface area contributed by atoms with Crippen molar-refractivity contribution in [2.45, 2.75) is 6.42 Å². The molecule has 0 aliphatic heterocycles. The van der Waals surface area contributed by atoms with Gasteiger partial charge in [-0.2, -0.15) is 0 Å². The van der Waals surface area contributed by atoms with Crippen LogP contribution in [0.25, 0.3) is 0 Å². The fourth-order valence-corrected chi connectivity index (χ4v) is 2.54. The van der Waals surface area contributed by atoms with Crippen molar-refractivity contribution in [1.29, 1.82) is 0 Å². The molecule has 2 N–H and O–H groups in total. The Kier molecular flexibility index (Phi) is 5.10. The minimum absolute atomic E-state index is 0.0710. The molecule has 1 aromatic heterocycles. The molecule has 0 saturated heterocycles. The van der Waals surface area contributed by atoms with Crippen LogP contribution in [0.5, 0.6) is 5.88 Å². The first kappa shape index (κ1) is 16.4. The summed E-state index contributed by atoms with van der Waals surface area (Å²) in [7, 11) is 3.15. The van der Waals surface area contributed by atoms with Crippen molar-refractivity contribution < 1.29 is 5.11 Å². The Morgan fingerprint density at radius 3 is 2.50 bits per heavy atom. The van der Waals surface area contributed by atoms with Gasteiger partial charge in [0.1, 0.15) is 10.6 Å². The lowest BCUT2D eigenvalue weighted by Crippen LogP contribution is -2.34. The van der Waals surface area contributed by atoms with Gasteiger partial charge in [-0.05, 0) is 24.2 Å². The SMILES string of the molecule is Cn1c(O)c(C(=S)NCCc2ccccc2)c(=O)n(C)c1=S. The van der Waals surface area contributed by atoms with Crippen LogP contribution in [0.15, 0.2) is 35.1 Å². The third-order valence-electron chi connectivity index (χ3n) is 3.40. The topological polar surface area (TPSA) is 59.2 Å². The van der Waals surface area contributed by atoms with E-state index in [0.29, 0.717) is 6.54 Å². The molecule has 0 amide bonds. The van der Waals surface area contributed by atoms with Crippen LogP contribution < -0.4 is 10.9 Å². The predicted octanol–water partition coefficient (Wildman–Crippen LogP) is 1.67. The summed E-state index contributed by atoms with van der Waals surface area (Å²) in [5.74, 6) is -0.217. The highest BCUT2D eigenvalue weighted by Gasteiger charge is 2.17. The zero-order valence-electron chi connectivity index (χ0n) is 12.4. The fourth-order valence-electron chi connectivity index (χ4n) is 2.09. The molecule has 0 spiro atoms. The van der Waals surface area contributed by atoms with E-state index in [1.165, 1.54) is 14.7 Å². The largest absolute Gasteiger partial charge is 0.494 e. The number of thiocarbonyl (C=S) groups is 1. The lowest BCUT2D eigenvalue weighted by Gasteiger charge is -2.13. The summed E-state index contributed by atoms with van der Waals surface area (Å²) < 4.78 is 2.88. The van der Waals surface area contributed by atoms with Gasteiger partial charge in [-0.25, -0.2) is 0 Å². The molecular weight excluding hydrogens is 318 g/mol. The minimum atomic E-state index is -0.405. The Balaban J connectivity index is 2.17. The number of nitrogens with one attached hydrogen (secondary N) is 1. The summed E-state index contributed by atoms with van der Waals surface area (Å²) in [4.78, 5) is 12.5. The van der Waals surface area contributed by atoms with Crippen molar-refractivity contribution >= 4 is 29.4 Å². The molecule has 0 aliphatic rings. The lowest BCUT2D eigenvalue weighted by atomic mass is 10.1. The van der Waals surface area contributed by atoms with Crippen LogP contribution in [0.2, 0.25) is 0 Å². The van der Waals surface area contributed by atoms with Crippen LogP contribution in [0.1, 0.15) is 11.1 Å². The second-order valence-electron chi connectivity index (χ2n) is 4.90. The van der Waals surface area contributed by atoms with E-state index >= 15 is 0 Å². The van der Waals surface area contributed by atoms with Crippen LogP contribution in [0.3, 0.4) is 0 Å². The van der Waals surface area contributed by atoms with E-state index in [-0.39, 0.29) is 21.2 Å². The highest BCUT2D eigenvalue weighted by atomic mass is 32.1. The molecule has 116 valence electrons. The molecule has 0 unspecified atom stereocenters. The number of aromatic hydroxyl groups is 1. The maximum atomic E-state index is 12.2. The fraction of sp³-hybridized carbons (Fsp3) is 0.267. The summed E-state index contributed by atoms with van der Waals surface area (Å²) in [6.45, 7) is 0.574. The normalized spacial score (nSPS) is 10.5. The molecule has 2 aromatic rings. The van der Waals surface area contributed by atoms with E-state index in [2.05, 4.69) is 5.32 Å². The van der Waals surface area contributed by atoms with Gasteiger partial charge in [0.2, 0.25) is 5.88 Å². The number of nitrogens with zero attached hydrogens (tertiary/aromatic N) is 2. The quantitative estimate of drug-likeness (QED) is 0.833. The van der Waals surface area contributed by atoms with Crippen LogP contribution >= 0.6 is 24.4 Å². The Labute approximate surface area is 138 Å². The van der Waals surface area contributed by atoms with Gasteiger partial charge >= 0.3 is 0 Å². The van der Waals surface area contributed by atoms with E-state index in [1.54, 1.807) is 14.1 Å². The summed E-state index contributed by atoms with van der Waals surface area (Å²) in [5.41, 5.74) is 0.834. The number of rotatable bonds is 4. The van der Waals surface area contributed by atoms with Crippen molar-refractivity contribution in [3.63, 3.8) is 0 Å². The van der Waals surface area contributed by atoms with Crippen LogP contribution in [0, 0.1) is 4.77 Å². The number of aromatic nitrogens is 2. The smallest absolute Gasteiger partial charge is 0.268 e. The van der Waals surface area contributed by atoms with Gasteiger partial charge in [0, 0.05) is 20.6 Å². The second-order valence-corrected chi connectivity index (χ2v) is 5.67. The van der Waals surface area contributed by atoms with Crippen molar-refractivity contribution in [3.8, 4) is 5.88 Å². The first-order valence-electron chi connectivity index (χ1n) is 6.74. The molecule has 1 aromatic carbocycles. The second kappa shape index (κ2) is 6.85. The Morgan fingerprint density at radius 2 is 1.86 bits per heavy atom. The first-order chi connectivity index (χ1) is 10.4. The highest BCUT2D eigenvalue weighted by molar-refractivity contribution is 7.80. The standard InChI is InChI=1S/C15H17N3O2S2/c1-17-13(19)11(14(20)18(2)15(17)22)12(21)16-9-8-10-6-4-3-5-7-10/h3-7,19H,8-9H2,1-2H3,(H,16,21). The number of benzene rings is 1. The molecule has 1 heterocycles. The molecule has 0 atom stereocenters. The molecule has 0 bridgehead atoms. The van der Waals surface area contributed by atoms with Gasteiger partial charge in [0.15, 0.2) is 4.77 Å². The Hall–Kier alpha value is -1.99. The third kappa shape index (κ3) is 3.26. The molecular formula is C15H17N3O2S2. The predicted molar refractivity (Wildman–Crippen MR) is 93.0 cm³/mol. The van der Waals surface area contributed by atoms with Gasteiger partial charge < -0.3 is 10.4 Å². The average molecular weight is 335 g/mol. The first-order valence-corrected chi connectivity index (χ1v) is 7.56. The van der Waals surface area contributed by atoms with E-state index in [4.69, 9.17) is 24.4 Å². The van der Waals surface area contributed by atoms with Gasteiger partial charge in [-0.1, -0.05) is 42.5 Å². The van der Waals surface area contributed by atoms with Crippen molar-refractivity contribution in [2.24, 2.45) is 14.1 Å². The monoisotopic (exact) mass is 335 g/mol. The van der Waals surface area contributed by atoms with Crippen LogP contribution in [-0.4, -0.2) is 25.8 Å². The molecule has 7 heteroatoms. The van der Waals surface area contributed by atoms with Gasteiger partial charge in [0.25, 0.3) is 5.56 Å². The lowest BCUT2D eigenvalue weighted by molar-refractivity contribution is 0.414. The van der Waals surface area contributed by atoms with Crippen molar-refractivity contribution in [1.82, 2.24) is 14.5 Å². The third-order valence-corrected chi connectivity index (χ3v) is 4.30. The zero-order valence-corrected chi connectivity index (χ0v) is 14.0. The van der Waals surface area contributed by atoms with Crippen LogP contribution in [-0.2, 0) is 20.5 Å². The molecule has 2 rings (SSSR count). The summed E-state index contributed by atoms with van der Waals surface area (Å²) in [6, 6.07) is 9.94. The molecule has 0 radical (unpaired) electrons. The van der Waals surface area contributed by atoms with E-state index < -0.39 is 5.56 Å². The van der Waals surface area contributed by atoms with Crippen molar-refractivity contribution in [2.75, 3.05) is 6.54 Å². The maximum Gasteiger partial charge on any atom is 0.268 e. The molecule has 5 nitrogen and oxygen atoms in total. The number of hydrogen-bond donors (Lipinski definition) is 2. The maximum absolute atomic E-state index is 12.2. The average Bonchev–Trinajstić information content (AvgIpc) is 2.52. The molecule has 22 heavy (non-hydrogen) atoms. The van der Waals surface area contributed by atoms with Crippen LogP contribution in [0.4, 0.5) is 0 Å². The zero-order chi connectivity index (χ0) is 16.3. The van der Waals surface area contributed by atoms with E-state index in [0.717, 1.165) is 6.42 Å². The summed E-state index contributed by atoms with van der Waals surface area (Å²) in [6.07, 6.45) is 0.771. The molecule has 0 fully saturated rings. The highest BCUT2D eigenvalue weighted by Crippen LogP contribution is 2.12. The van der Waals surface area contributed by atoms with Gasteiger partial charge in [-0.3, -0.25) is 13.9 Å². The van der Waals surface area contributed by atoms with Gasteiger partial charge in [-0.15, -0.1) is 0 Å². The summed E-state index contributed by atoms with van der Waals surface area (Å²) in [5, 5.41) is 13.1. The summed E-state index contributed by atoms with van der Waals surface area (Å²) >= 11 is 10.3. The molecule has 0 aliphatic carbocycles. The number of hydrogen-bond acceptors (Lipinski definition) is 4. The van der Waals surface area contributed by atoms with E-state index in [1.807, 2.05) is 30.3 Å². The van der Waals surface area contributed by atoms with Gasteiger partial charge in [0.05, 0.1) is 0 Å². The Bertz CT molecular complexity index is 810.